The van der Waals surface area contributed by atoms with Crippen LogP contribution in [0, 0.1) is 0 Å². The van der Waals surface area contributed by atoms with Gasteiger partial charge in [0.2, 0.25) is 0 Å². The van der Waals surface area contributed by atoms with Gasteiger partial charge in [-0.3, -0.25) is 5.32 Å². The molecule has 0 aliphatic heterocycles. The summed E-state index contributed by atoms with van der Waals surface area (Å²) < 4.78 is 1.24. The second-order valence-electron chi connectivity index (χ2n) is 4.50. The van der Waals surface area contributed by atoms with Gasteiger partial charge >= 0.3 is 0 Å². The second kappa shape index (κ2) is 5.36. The van der Waals surface area contributed by atoms with Gasteiger partial charge in [-0.2, -0.15) is 0 Å². The molecule has 0 radical (unpaired) electrons. The van der Waals surface area contributed by atoms with Crippen molar-refractivity contribution in [1.29, 1.82) is 0 Å². The number of aromatic nitrogens is 2. The summed E-state index contributed by atoms with van der Waals surface area (Å²) in [6, 6.07) is 8.75. The minimum absolute atomic E-state index is 0.233. The average Bonchev–Trinajstić information content (AvgIpc) is 3.07. The van der Waals surface area contributed by atoms with Gasteiger partial charge in [-0.25, -0.2) is 9.97 Å². The van der Waals surface area contributed by atoms with Crippen LogP contribution in [0.25, 0.3) is 10.2 Å². The van der Waals surface area contributed by atoms with Crippen LogP contribution < -0.4 is 5.32 Å². The van der Waals surface area contributed by atoms with E-state index in [2.05, 4.69) is 47.3 Å². The number of nitrogens with zero attached hydrogens (tertiary/aromatic N) is 2. The predicted molar refractivity (Wildman–Crippen MR) is 81.7 cm³/mol. The molecule has 3 nitrogen and oxygen atoms in total. The van der Waals surface area contributed by atoms with Crippen LogP contribution in [0.1, 0.15) is 35.9 Å². The Morgan fingerprint density at radius 3 is 2.63 bits per heavy atom. The molecule has 2 heterocycles. The van der Waals surface area contributed by atoms with Crippen molar-refractivity contribution in [2.24, 2.45) is 0 Å². The van der Waals surface area contributed by atoms with Gasteiger partial charge in [0.1, 0.15) is 10.0 Å². The zero-order valence-electron chi connectivity index (χ0n) is 10.8. The van der Waals surface area contributed by atoms with Gasteiger partial charge in [0.15, 0.2) is 0 Å². The number of hydrogen-bond acceptors (Lipinski definition) is 5. The fraction of sp³-hybridized carbons (Fsp3) is 0.286. The zero-order chi connectivity index (χ0) is 13.2. The Bertz CT molecular complexity index is 627. The third kappa shape index (κ3) is 2.68. The van der Waals surface area contributed by atoms with Crippen LogP contribution in [0.4, 0.5) is 0 Å². The van der Waals surface area contributed by atoms with Gasteiger partial charge < -0.3 is 0 Å². The molecule has 0 aliphatic carbocycles. The van der Waals surface area contributed by atoms with Crippen LogP contribution in [0.15, 0.2) is 35.8 Å². The number of thiazole rings is 2. The van der Waals surface area contributed by atoms with Gasteiger partial charge in [0, 0.05) is 11.6 Å². The lowest BCUT2D eigenvalue weighted by Gasteiger charge is -2.16. The summed E-state index contributed by atoms with van der Waals surface area (Å²) in [5, 5.41) is 7.81. The normalized spacial score (nSPS) is 14.6. The first-order valence-electron chi connectivity index (χ1n) is 6.25. The quantitative estimate of drug-likeness (QED) is 0.783. The van der Waals surface area contributed by atoms with Crippen molar-refractivity contribution in [2.75, 3.05) is 0 Å². The van der Waals surface area contributed by atoms with Crippen LogP contribution in [0.3, 0.4) is 0 Å². The molecule has 2 unspecified atom stereocenters. The second-order valence-corrected chi connectivity index (χ2v) is 6.49. The van der Waals surface area contributed by atoms with E-state index in [4.69, 9.17) is 0 Å². The molecule has 98 valence electrons. The first-order chi connectivity index (χ1) is 9.24. The molecule has 19 heavy (non-hydrogen) atoms. The summed E-state index contributed by atoms with van der Waals surface area (Å²) in [4.78, 5) is 9.03. The molecule has 0 saturated carbocycles. The molecule has 1 aromatic carbocycles. The number of nitrogens with one attached hydrogen (secondary N) is 1. The molecule has 0 bridgehead atoms. The highest BCUT2D eigenvalue weighted by molar-refractivity contribution is 7.18. The van der Waals surface area contributed by atoms with Crippen molar-refractivity contribution in [2.45, 2.75) is 25.9 Å². The van der Waals surface area contributed by atoms with Gasteiger partial charge in [-0.15, -0.1) is 22.7 Å². The van der Waals surface area contributed by atoms with E-state index in [0.717, 1.165) is 15.5 Å². The Morgan fingerprint density at radius 2 is 1.89 bits per heavy atom. The monoisotopic (exact) mass is 289 g/mol. The van der Waals surface area contributed by atoms with E-state index in [1.165, 1.54) is 4.70 Å². The maximum atomic E-state index is 4.69. The molecule has 2 aromatic heterocycles. The van der Waals surface area contributed by atoms with E-state index in [9.17, 15) is 0 Å². The lowest BCUT2D eigenvalue weighted by atomic mass is 10.2. The van der Waals surface area contributed by atoms with Gasteiger partial charge in [-0.1, -0.05) is 12.1 Å². The number of rotatable bonds is 4. The molecule has 0 spiro atoms. The lowest BCUT2D eigenvalue weighted by Crippen LogP contribution is -2.22. The van der Waals surface area contributed by atoms with Gasteiger partial charge in [0.25, 0.3) is 0 Å². The highest BCUT2D eigenvalue weighted by atomic mass is 32.1. The first-order valence-corrected chi connectivity index (χ1v) is 7.94. The van der Waals surface area contributed by atoms with Crippen molar-refractivity contribution >= 4 is 32.9 Å². The molecule has 5 heteroatoms. The Kier molecular flexibility index (Phi) is 3.59. The van der Waals surface area contributed by atoms with Crippen molar-refractivity contribution < 1.29 is 0 Å². The third-order valence-electron chi connectivity index (χ3n) is 3.00. The molecule has 0 amide bonds. The lowest BCUT2D eigenvalue weighted by molar-refractivity contribution is 0.492. The van der Waals surface area contributed by atoms with E-state index in [1.807, 2.05) is 17.6 Å². The average molecular weight is 289 g/mol. The van der Waals surface area contributed by atoms with E-state index in [0.29, 0.717) is 0 Å². The fourth-order valence-electron chi connectivity index (χ4n) is 2.04. The Balaban J connectivity index is 1.78. The minimum atomic E-state index is 0.233. The molecule has 1 N–H and O–H groups in total. The SMILES string of the molecule is CC(NC(C)c1nc2ccccc2s1)c1nccs1. The van der Waals surface area contributed by atoms with Crippen molar-refractivity contribution in [1.82, 2.24) is 15.3 Å². The van der Waals surface area contributed by atoms with Crippen molar-refractivity contribution in [3.05, 3.63) is 45.9 Å². The zero-order valence-corrected chi connectivity index (χ0v) is 12.5. The molecule has 0 fully saturated rings. The fourth-order valence-corrected chi connectivity index (χ4v) is 3.68. The van der Waals surface area contributed by atoms with Crippen molar-refractivity contribution in [3.63, 3.8) is 0 Å². The topological polar surface area (TPSA) is 37.8 Å². The Labute approximate surface area is 120 Å². The van der Waals surface area contributed by atoms with Crippen molar-refractivity contribution in [3.8, 4) is 0 Å². The third-order valence-corrected chi connectivity index (χ3v) is 5.18. The summed E-state index contributed by atoms with van der Waals surface area (Å²) in [6.07, 6.45) is 1.85. The van der Waals surface area contributed by atoms with Crippen LogP contribution in [0.5, 0.6) is 0 Å². The van der Waals surface area contributed by atoms with Crippen LogP contribution in [-0.2, 0) is 0 Å². The molecule has 0 aliphatic rings. The Hall–Kier alpha value is -1.30. The summed E-state index contributed by atoms with van der Waals surface area (Å²) >= 11 is 3.44. The van der Waals surface area contributed by atoms with E-state index in [-0.39, 0.29) is 12.1 Å². The molecular weight excluding hydrogens is 274 g/mol. The van der Waals surface area contributed by atoms with Gasteiger partial charge in [-0.05, 0) is 26.0 Å². The van der Waals surface area contributed by atoms with E-state index < -0.39 is 0 Å². The van der Waals surface area contributed by atoms with E-state index >= 15 is 0 Å². The summed E-state index contributed by atoms with van der Waals surface area (Å²) in [6.45, 7) is 4.30. The first kappa shape index (κ1) is 12.7. The molecule has 0 saturated heterocycles. The van der Waals surface area contributed by atoms with Crippen LogP contribution in [-0.4, -0.2) is 9.97 Å². The molecule has 3 aromatic rings. The highest BCUT2D eigenvalue weighted by Crippen LogP contribution is 2.28. The summed E-state index contributed by atoms with van der Waals surface area (Å²) in [5.74, 6) is 0. The highest BCUT2D eigenvalue weighted by Gasteiger charge is 2.16. The van der Waals surface area contributed by atoms with E-state index in [1.54, 1.807) is 22.7 Å². The molecule has 3 rings (SSSR count). The number of hydrogen-bond donors (Lipinski definition) is 1. The number of benzene rings is 1. The standard InChI is InChI=1S/C14H15N3S2/c1-9(13-15-7-8-18-13)16-10(2)14-17-11-5-3-4-6-12(11)19-14/h3-10,16H,1-2H3. The van der Waals surface area contributed by atoms with Gasteiger partial charge in [0.05, 0.1) is 22.3 Å². The maximum absolute atomic E-state index is 4.69. The minimum Gasteiger partial charge on any atom is -0.299 e. The smallest absolute Gasteiger partial charge is 0.111 e. The Morgan fingerprint density at radius 1 is 1.11 bits per heavy atom. The molecular formula is C14H15N3S2. The molecule has 2 atom stereocenters. The van der Waals surface area contributed by atoms with Crippen LogP contribution >= 0.6 is 22.7 Å². The van der Waals surface area contributed by atoms with Crippen LogP contribution in [0.2, 0.25) is 0 Å². The largest absolute Gasteiger partial charge is 0.299 e. The maximum Gasteiger partial charge on any atom is 0.111 e. The number of para-hydroxylation sites is 1. The predicted octanol–water partition coefficient (Wildman–Crippen LogP) is 4.16. The number of fused-ring (bicyclic) bond motifs is 1. The summed E-state index contributed by atoms with van der Waals surface area (Å²) in [7, 11) is 0. The summed E-state index contributed by atoms with van der Waals surface area (Å²) in [5.41, 5.74) is 1.08.